The van der Waals surface area contributed by atoms with Crippen LogP contribution in [0.4, 0.5) is 11.4 Å². The van der Waals surface area contributed by atoms with Crippen molar-refractivity contribution in [3.05, 3.63) is 47.0 Å². The van der Waals surface area contributed by atoms with Gasteiger partial charge in [-0.05, 0) is 42.3 Å². The molecule has 0 bridgehead atoms. The van der Waals surface area contributed by atoms with Gasteiger partial charge in [-0.1, -0.05) is 17.7 Å². The van der Waals surface area contributed by atoms with Gasteiger partial charge >= 0.3 is 0 Å². The van der Waals surface area contributed by atoms with Crippen LogP contribution in [0, 0.1) is 0 Å². The quantitative estimate of drug-likeness (QED) is 0.830. The molecule has 0 fully saturated rings. The van der Waals surface area contributed by atoms with E-state index >= 15 is 0 Å². The van der Waals surface area contributed by atoms with E-state index in [0.29, 0.717) is 35.1 Å². The Balaban J connectivity index is 1.88. The summed E-state index contributed by atoms with van der Waals surface area (Å²) in [5.41, 5.74) is 8.19. The van der Waals surface area contributed by atoms with Crippen LogP contribution in [0.15, 0.2) is 36.4 Å². The van der Waals surface area contributed by atoms with Crippen LogP contribution in [0.2, 0.25) is 5.02 Å². The number of fused-ring (bicyclic) bond motifs is 1. The average Bonchev–Trinajstić information content (AvgIpc) is 2.44. The summed E-state index contributed by atoms with van der Waals surface area (Å²) in [5.74, 6) is 1.25. The van der Waals surface area contributed by atoms with Gasteiger partial charge in [-0.15, -0.1) is 0 Å². The molecule has 102 valence electrons. The van der Waals surface area contributed by atoms with Crippen LogP contribution in [0.1, 0.15) is 12.0 Å². The first kappa shape index (κ1) is 12.8. The molecule has 0 saturated carbocycles. The minimum Gasteiger partial charge on any atom is -0.455 e. The summed E-state index contributed by atoms with van der Waals surface area (Å²) >= 11 is 5.96. The highest BCUT2D eigenvalue weighted by atomic mass is 35.5. The van der Waals surface area contributed by atoms with Gasteiger partial charge in [-0.2, -0.15) is 0 Å². The topological polar surface area (TPSA) is 64.3 Å². The number of halogens is 1. The van der Waals surface area contributed by atoms with E-state index in [-0.39, 0.29) is 5.91 Å². The summed E-state index contributed by atoms with van der Waals surface area (Å²) in [6.07, 6.45) is 1.21. The maximum absolute atomic E-state index is 11.3. The zero-order valence-electron chi connectivity index (χ0n) is 10.7. The number of nitrogens with two attached hydrogens (primary N) is 1. The third kappa shape index (κ3) is 2.42. The Morgan fingerprint density at radius 2 is 2.05 bits per heavy atom. The average molecular weight is 289 g/mol. The zero-order chi connectivity index (χ0) is 14.1. The first-order valence-electron chi connectivity index (χ1n) is 6.28. The van der Waals surface area contributed by atoms with E-state index in [1.807, 2.05) is 12.1 Å². The lowest BCUT2D eigenvalue weighted by Crippen LogP contribution is -2.18. The minimum absolute atomic E-state index is 0.0465. The van der Waals surface area contributed by atoms with E-state index in [0.717, 1.165) is 11.3 Å². The highest BCUT2D eigenvalue weighted by Gasteiger charge is 2.15. The molecular weight excluding hydrogens is 276 g/mol. The molecule has 3 rings (SSSR count). The maximum atomic E-state index is 11.3. The molecule has 0 spiro atoms. The Hall–Kier alpha value is -2.20. The molecule has 0 radical (unpaired) electrons. The van der Waals surface area contributed by atoms with Crippen LogP contribution in [0.5, 0.6) is 11.5 Å². The number of para-hydroxylation sites is 1. The molecular formula is C15H13ClN2O2. The van der Waals surface area contributed by atoms with Crippen LogP contribution in [0.3, 0.4) is 0 Å². The molecule has 2 aromatic carbocycles. The van der Waals surface area contributed by atoms with Crippen molar-refractivity contribution in [3.8, 4) is 11.5 Å². The van der Waals surface area contributed by atoms with E-state index in [9.17, 15) is 4.79 Å². The van der Waals surface area contributed by atoms with Gasteiger partial charge in [-0.3, -0.25) is 4.79 Å². The molecule has 1 amide bonds. The number of hydrogen-bond acceptors (Lipinski definition) is 3. The zero-order valence-corrected chi connectivity index (χ0v) is 11.4. The summed E-state index contributed by atoms with van der Waals surface area (Å²) in [6.45, 7) is 0. The van der Waals surface area contributed by atoms with Gasteiger partial charge in [0.2, 0.25) is 5.91 Å². The second kappa shape index (κ2) is 5.06. The molecule has 0 saturated heterocycles. The number of ether oxygens (including phenoxy) is 1. The summed E-state index contributed by atoms with van der Waals surface area (Å²) in [5, 5.41) is 3.30. The largest absolute Gasteiger partial charge is 0.455 e. The minimum atomic E-state index is 0.0465. The monoisotopic (exact) mass is 288 g/mol. The van der Waals surface area contributed by atoms with Crippen LogP contribution in [0.25, 0.3) is 0 Å². The fraction of sp³-hybridized carbons (Fsp3) is 0.133. The molecule has 3 N–H and O–H groups in total. The molecule has 1 aliphatic rings. The molecule has 0 aromatic heterocycles. The fourth-order valence-corrected chi connectivity index (χ4v) is 2.32. The van der Waals surface area contributed by atoms with Gasteiger partial charge in [-0.25, -0.2) is 0 Å². The number of anilines is 2. The number of aryl methyl sites for hydroxylation is 1. The highest BCUT2D eigenvalue weighted by Crippen LogP contribution is 2.34. The third-order valence-electron chi connectivity index (χ3n) is 3.21. The molecule has 1 heterocycles. The summed E-state index contributed by atoms with van der Waals surface area (Å²) in [6, 6.07) is 10.8. The second-order valence-corrected chi connectivity index (χ2v) is 5.03. The van der Waals surface area contributed by atoms with Crippen molar-refractivity contribution in [3.63, 3.8) is 0 Å². The molecule has 5 heteroatoms. The van der Waals surface area contributed by atoms with Crippen molar-refractivity contribution >= 4 is 28.9 Å². The Bertz CT molecular complexity index is 686. The molecule has 0 aliphatic carbocycles. The Morgan fingerprint density at radius 3 is 2.90 bits per heavy atom. The van der Waals surface area contributed by atoms with Crippen molar-refractivity contribution < 1.29 is 9.53 Å². The lowest BCUT2D eigenvalue weighted by Gasteiger charge is -2.18. The maximum Gasteiger partial charge on any atom is 0.224 e. The SMILES string of the molecule is Nc1c(Cl)cccc1Oc1ccc2c(c1)CCC(=O)N2. The molecule has 0 unspecified atom stereocenters. The van der Waals surface area contributed by atoms with Crippen molar-refractivity contribution in [2.24, 2.45) is 0 Å². The van der Waals surface area contributed by atoms with Crippen molar-refractivity contribution in [2.45, 2.75) is 12.8 Å². The molecule has 1 aliphatic heterocycles. The lowest BCUT2D eigenvalue weighted by atomic mass is 10.0. The summed E-state index contributed by atoms with van der Waals surface area (Å²) in [7, 11) is 0. The van der Waals surface area contributed by atoms with Crippen molar-refractivity contribution in [1.29, 1.82) is 0 Å². The number of benzene rings is 2. The van der Waals surface area contributed by atoms with E-state index in [2.05, 4.69) is 5.32 Å². The summed E-state index contributed by atoms with van der Waals surface area (Å²) < 4.78 is 5.76. The number of carbonyl (C=O) groups excluding carboxylic acids is 1. The van der Waals surface area contributed by atoms with Crippen LogP contribution >= 0.6 is 11.6 Å². The van der Waals surface area contributed by atoms with Gasteiger partial charge in [0.1, 0.15) is 5.75 Å². The number of amides is 1. The van der Waals surface area contributed by atoms with Gasteiger partial charge in [0, 0.05) is 12.1 Å². The standard InChI is InChI=1S/C15H13ClN2O2/c16-11-2-1-3-13(15(11)17)20-10-5-6-12-9(8-10)4-7-14(19)18-12/h1-3,5-6,8H,4,7,17H2,(H,18,19). The first-order valence-corrected chi connectivity index (χ1v) is 6.66. The Morgan fingerprint density at radius 1 is 1.20 bits per heavy atom. The first-order chi connectivity index (χ1) is 9.63. The Kier molecular flexibility index (Phi) is 3.24. The normalized spacial score (nSPS) is 13.6. The van der Waals surface area contributed by atoms with Crippen LogP contribution < -0.4 is 15.8 Å². The fourth-order valence-electron chi connectivity index (χ4n) is 2.16. The summed E-state index contributed by atoms with van der Waals surface area (Å²) in [4.78, 5) is 11.3. The predicted molar refractivity (Wildman–Crippen MR) is 79.3 cm³/mol. The number of rotatable bonds is 2. The molecule has 20 heavy (non-hydrogen) atoms. The van der Waals surface area contributed by atoms with E-state index in [1.165, 1.54) is 0 Å². The van der Waals surface area contributed by atoms with Gasteiger partial charge < -0.3 is 15.8 Å². The van der Waals surface area contributed by atoms with Gasteiger partial charge in [0.05, 0.1) is 10.7 Å². The molecule has 4 nitrogen and oxygen atoms in total. The van der Waals surface area contributed by atoms with E-state index in [4.69, 9.17) is 22.1 Å². The molecule has 0 atom stereocenters. The number of hydrogen-bond donors (Lipinski definition) is 2. The van der Waals surface area contributed by atoms with E-state index in [1.54, 1.807) is 24.3 Å². The number of nitrogen functional groups attached to an aromatic ring is 1. The lowest BCUT2D eigenvalue weighted by molar-refractivity contribution is -0.116. The third-order valence-corrected chi connectivity index (χ3v) is 3.54. The smallest absolute Gasteiger partial charge is 0.224 e. The highest BCUT2D eigenvalue weighted by molar-refractivity contribution is 6.33. The molecule has 2 aromatic rings. The van der Waals surface area contributed by atoms with E-state index < -0.39 is 0 Å². The van der Waals surface area contributed by atoms with Crippen molar-refractivity contribution in [2.75, 3.05) is 11.1 Å². The van der Waals surface area contributed by atoms with Gasteiger partial charge in [0.25, 0.3) is 0 Å². The van der Waals surface area contributed by atoms with Crippen molar-refractivity contribution in [1.82, 2.24) is 0 Å². The second-order valence-electron chi connectivity index (χ2n) is 4.62. The predicted octanol–water partition coefficient (Wildman–Crippen LogP) is 3.60. The van der Waals surface area contributed by atoms with Crippen LogP contribution in [-0.4, -0.2) is 5.91 Å². The number of carbonyl (C=O) groups is 1. The van der Waals surface area contributed by atoms with Gasteiger partial charge in [0.15, 0.2) is 5.75 Å². The van der Waals surface area contributed by atoms with Crippen LogP contribution in [-0.2, 0) is 11.2 Å². The number of nitrogens with one attached hydrogen (secondary N) is 1. The Labute approximate surface area is 121 Å².